The van der Waals surface area contributed by atoms with E-state index in [-0.39, 0.29) is 23.9 Å². The summed E-state index contributed by atoms with van der Waals surface area (Å²) in [7, 11) is 0. The van der Waals surface area contributed by atoms with Crippen molar-refractivity contribution in [2.45, 2.75) is 65.5 Å². The number of nitrogens with one attached hydrogen (secondary N) is 2. The molecule has 29 heavy (non-hydrogen) atoms. The summed E-state index contributed by atoms with van der Waals surface area (Å²) >= 11 is 0. The quantitative estimate of drug-likeness (QED) is 0.460. The van der Waals surface area contributed by atoms with E-state index in [1.807, 2.05) is 18.7 Å². The summed E-state index contributed by atoms with van der Waals surface area (Å²) in [6, 6.07) is 0.150. The zero-order valence-corrected chi connectivity index (χ0v) is 18.7. The Morgan fingerprint density at radius 1 is 0.966 bits per heavy atom. The fourth-order valence-corrected chi connectivity index (χ4v) is 3.82. The van der Waals surface area contributed by atoms with E-state index in [0.29, 0.717) is 13.0 Å². The van der Waals surface area contributed by atoms with Gasteiger partial charge in [-0.15, -0.1) is 0 Å². The Morgan fingerprint density at radius 3 is 2.21 bits per heavy atom. The maximum Gasteiger partial charge on any atom is 0.239 e. The lowest BCUT2D eigenvalue weighted by atomic mass is 10.2. The summed E-state index contributed by atoms with van der Waals surface area (Å²) in [5, 5.41) is 6.32. The number of likely N-dealkylation sites (tertiary alicyclic amines) is 1. The van der Waals surface area contributed by atoms with E-state index in [2.05, 4.69) is 39.3 Å². The van der Waals surface area contributed by atoms with Crippen molar-refractivity contribution < 1.29 is 9.59 Å². The van der Waals surface area contributed by atoms with Crippen molar-refractivity contribution in [2.24, 2.45) is 4.99 Å². The molecule has 2 N–H and O–H groups in total. The Balaban J connectivity index is 1.82. The first-order valence-corrected chi connectivity index (χ1v) is 11.3. The zero-order chi connectivity index (χ0) is 21.2. The normalized spacial score (nSPS) is 20.5. The van der Waals surface area contributed by atoms with E-state index in [1.54, 1.807) is 0 Å². The largest absolute Gasteiger partial charge is 0.357 e. The van der Waals surface area contributed by atoms with E-state index in [9.17, 15) is 9.59 Å². The second kappa shape index (κ2) is 12.0. The number of rotatable bonds is 8. The lowest BCUT2D eigenvalue weighted by Gasteiger charge is -2.39. The summed E-state index contributed by atoms with van der Waals surface area (Å²) in [5.74, 6) is 1.18. The maximum atomic E-state index is 12.7. The van der Waals surface area contributed by atoms with Crippen LogP contribution < -0.4 is 10.6 Å². The molecule has 2 unspecified atom stereocenters. The molecule has 2 aliphatic rings. The van der Waals surface area contributed by atoms with Crippen LogP contribution in [0.1, 0.15) is 53.4 Å². The number of guanidine groups is 1. The first-order valence-electron chi connectivity index (χ1n) is 11.3. The van der Waals surface area contributed by atoms with Gasteiger partial charge in [0, 0.05) is 58.3 Å². The molecule has 2 saturated heterocycles. The third-order valence-corrected chi connectivity index (χ3v) is 5.89. The number of aliphatic imine (C=N–C) groups is 1. The lowest BCUT2D eigenvalue weighted by Crippen LogP contribution is -2.57. The minimum atomic E-state index is -0.0565. The molecule has 2 amide bonds. The van der Waals surface area contributed by atoms with Gasteiger partial charge in [-0.2, -0.15) is 0 Å². The van der Waals surface area contributed by atoms with Crippen LogP contribution in [0.3, 0.4) is 0 Å². The van der Waals surface area contributed by atoms with Crippen molar-refractivity contribution in [1.29, 1.82) is 0 Å². The molecular formula is C21H40N6O2. The van der Waals surface area contributed by atoms with Gasteiger partial charge in [0.25, 0.3) is 0 Å². The van der Waals surface area contributed by atoms with Crippen LogP contribution in [-0.2, 0) is 9.59 Å². The fourth-order valence-electron chi connectivity index (χ4n) is 3.82. The van der Waals surface area contributed by atoms with Crippen molar-refractivity contribution in [2.75, 3.05) is 52.4 Å². The van der Waals surface area contributed by atoms with Crippen LogP contribution in [0.25, 0.3) is 0 Å². The van der Waals surface area contributed by atoms with Gasteiger partial charge in [0.1, 0.15) is 0 Å². The monoisotopic (exact) mass is 408 g/mol. The fraction of sp³-hybridized carbons (Fsp3) is 0.857. The molecule has 0 spiro atoms. The molecule has 2 atom stereocenters. The second-order valence-electron chi connectivity index (χ2n) is 8.09. The summed E-state index contributed by atoms with van der Waals surface area (Å²) in [6.07, 6.45) is 3.59. The Bertz CT molecular complexity index is 553. The zero-order valence-electron chi connectivity index (χ0n) is 18.7. The van der Waals surface area contributed by atoms with Crippen molar-refractivity contribution >= 4 is 17.8 Å². The Kier molecular flexibility index (Phi) is 9.70. The topological polar surface area (TPSA) is 80.3 Å². The molecule has 2 aliphatic heterocycles. The van der Waals surface area contributed by atoms with E-state index in [0.717, 1.165) is 71.0 Å². The molecule has 0 aliphatic carbocycles. The number of hydrogen-bond acceptors (Lipinski definition) is 4. The third kappa shape index (κ3) is 7.17. The van der Waals surface area contributed by atoms with E-state index < -0.39 is 0 Å². The van der Waals surface area contributed by atoms with E-state index >= 15 is 0 Å². The summed E-state index contributed by atoms with van der Waals surface area (Å²) in [5.41, 5.74) is 0. The van der Waals surface area contributed by atoms with E-state index in [1.165, 1.54) is 0 Å². The van der Waals surface area contributed by atoms with Crippen molar-refractivity contribution in [3.05, 3.63) is 0 Å². The minimum absolute atomic E-state index is 0.0537. The summed E-state index contributed by atoms with van der Waals surface area (Å²) in [6.45, 7) is 14.6. The van der Waals surface area contributed by atoms with E-state index in [4.69, 9.17) is 0 Å². The lowest BCUT2D eigenvalue weighted by molar-refractivity contribution is -0.135. The van der Waals surface area contributed by atoms with Crippen LogP contribution in [0.2, 0.25) is 0 Å². The number of carbonyl (C=O) groups excluding carboxylic acids is 2. The number of carbonyl (C=O) groups is 2. The SMILES string of the molecule is CCNC(=NCCC(=O)NC(C)CC)N1CCN(C(C)C(=O)N2CCCC2)CC1. The second-order valence-corrected chi connectivity index (χ2v) is 8.09. The molecule has 0 aromatic carbocycles. The highest BCUT2D eigenvalue weighted by Crippen LogP contribution is 2.14. The molecule has 2 rings (SSSR count). The van der Waals surface area contributed by atoms with Gasteiger partial charge in [0.15, 0.2) is 5.96 Å². The van der Waals surface area contributed by atoms with Gasteiger partial charge in [-0.1, -0.05) is 6.92 Å². The van der Waals surface area contributed by atoms with Crippen molar-refractivity contribution in [1.82, 2.24) is 25.3 Å². The number of hydrogen-bond donors (Lipinski definition) is 2. The number of piperazine rings is 1. The van der Waals surface area contributed by atoms with Gasteiger partial charge < -0.3 is 20.4 Å². The molecule has 2 heterocycles. The summed E-state index contributed by atoms with van der Waals surface area (Å²) in [4.78, 5) is 35.8. The molecule has 8 nitrogen and oxygen atoms in total. The number of amides is 2. The molecular weight excluding hydrogens is 368 g/mol. The first-order chi connectivity index (χ1) is 14.0. The minimum Gasteiger partial charge on any atom is -0.357 e. The maximum absolute atomic E-state index is 12.7. The highest BCUT2D eigenvalue weighted by atomic mass is 16.2. The molecule has 0 saturated carbocycles. The molecule has 2 fully saturated rings. The first kappa shape index (κ1) is 23.4. The van der Waals surface area contributed by atoms with Crippen molar-refractivity contribution in [3.63, 3.8) is 0 Å². The predicted molar refractivity (Wildman–Crippen MR) is 117 cm³/mol. The molecule has 0 radical (unpaired) electrons. The van der Waals surface area contributed by atoms with Gasteiger partial charge in [-0.25, -0.2) is 0 Å². The average Bonchev–Trinajstić information content (AvgIpc) is 3.27. The Morgan fingerprint density at radius 2 is 1.62 bits per heavy atom. The molecule has 0 bridgehead atoms. The van der Waals surface area contributed by atoms with Gasteiger partial charge >= 0.3 is 0 Å². The molecule has 8 heteroatoms. The predicted octanol–water partition coefficient (Wildman–Crippen LogP) is 0.885. The van der Waals surface area contributed by atoms with Gasteiger partial charge in [0.05, 0.1) is 12.6 Å². The molecule has 0 aromatic rings. The van der Waals surface area contributed by atoms with Crippen LogP contribution in [0.4, 0.5) is 0 Å². The average molecular weight is 409 g/mol. The van der Waals surface area contributed by atoms with Crippen LogP contribution in [0.5, 0.6) is 0 Å². The standard InChI is InChI=1S/C21H40N6O2/c1-5-17(3)24-19(28)9-10-23-21(22-6-2)27-15-13-25(14-16-27)18(4)20(29)26-11-7-8-12-26/h17-18H,5-16H2,1-4H3,(H,22,23)(H,24,28). The van der Waals surface area contributed by atoms with Gasteiger partial charge in [-0.3, -0.25) is 19.5 Å². The molecule has 0 aromatic heterocycles. The highest BCUT2D eigenvalue weighted by molar-refractivity contribution is 5.82. The van der Waals surface area contributed by atoms with Crippen LogP contribution in [0.15, 0.2) is 4.99 Å². The van der Waals surface area contributed by atoms with Gasteiger partial charge in [-0.05, 0) is 40.0 Å². The smallest absolute Gasteiger partial charge is 0.239 e. The number of nitrogens with zero attached hydrogens (tertiary/aromatic N) is 4. The highest BCUT2D eigenvalue weighted by Gasteiger charge is 2.30. The van der Waals surface area contributed by atoms with Gasteiger partial charge in [0.2, 0.25) is 11.8 Å². The van der Waals surface area contributed by atoms with Crippen LogP contribution in [-0.4, -0.2) is 96.9 Å². The van der Waals surface area contributed by atoms with Crippen LogP contribution >= 0.6 is 0 Å². The third-order valence-electron chi connectivity index (χ3n) is 5.89. The van der Waals surface area contributed by atoms with Crippen LogP contribution in [0, 0.1) is 0 Å². The Labute approximate surface area is 176 Å². The Hall–Kier alpha value is -1.83. The van der Waals surface area contributed by atoms with Crippen molar-refractivity contribution in [3.8, 4) is 0 Å². The summed E-state index contributed by atoms with van der Waals surface area (Å²) < 4.78 is 0. The molecule has 166 valence electrons.